The van der Waals surface area contributed by atoms with Crippen molar-refractivity contribution in [2.45, 2.75) is 12.5 Å². The maximum atomic E-state index is 12.9. The molecule has 3 N–H and O–H groups in total. The summed E-state index contributed by atoms with van der Waals surface area (Å²) in [5, 5.41) is 8.25. The second-order valence-electron chi connectivity index (χ2n) is 6.78. The van der Waals surface area contributed by atoms with E-state index in [2.05, 4.69) is 16.0 Å². The Balaban J connectivity index is 1.71. The number of anilines is 1. The molecule has 0 unspecified atom stereocenters. The van der Waals surface area contributed by atoms with Gasteiger partial charge in [-0.05, 0) is 48.9 Å². The van der Waals surface area contributed by atoms with Crippen LogP contribution in [0.15, 0.2) is 42.5 Å². The van der Waals surface area contributed by atoms with Gasteiger partial charge in [0.2, 0.25) is 5.91 Å². The van der Waals surface area contributed by atoms with Gasteiger partial charge in [0.1, 0.15) is 12.1 Å². The number of carbonyl (C=O) groups is 4. The van der Waals surface area contributed by atoms with Crippen LogP contribution in [0.25, 0.3) is 0 Å². The number of benzene rings is 2. The Morgan fingerprint density at radius 3 is 2.33 bits per heavy atom. The van der Waals surface area contributed by atoms with Crippen molar-refractivity contribution in [1.82, 2.24) is 15.5 Å². The molecule has 156 valence electrons. The third-order valence-electron chi connectivity index (χ3n) is 4.73. The maximum Gasteiger partial charge on any atom is 0.325 e. The van der Waals surface area contributed by atoms with Gasteiger partial charge in [-0.3, -0.25) is 19.3 Å². The third kappa shape index (κ3) is 4.10. The number of halogens is 2. The van der Waals surface area contributed by atoms with Gasteiger partial charge in [-0.1, -0.05) is 29.3 Å². The minimum Gasteiger partial charge on any atom is -0.355 e. The Bertz CT molecular complexity index is 1040. The molecule has 1 heterocycles. The van der Waals surface area contributed by atoms with Gasteiger partial charge >= 0.3 is 6.03 Å². The number of nitrogens with zero attached hydrogens (tertiary/aromatic N) is 1. The highest BCUT2D eigenvalue weighted by molar-refractivity contribution is 6.42. The molecule has 0 aromatic heterocycles. The van der Waals surface area contributed by atoms with Crippen LogP contribution in [0.2, 0.25) is 10.0 Å². The normalized spacial score (nSPS) is 18.2. The van der Waals surface area contributed by atoms with Crippen LogP contribution in [0.1, 0.15) is 22.8 Å². The molecule has 10 heteroatoms. The molecule has 30 heavy (non-hydrogen) atoms. The summed E-state index contributed by atoms with van der Waals surface area (Å²) in [4.78, 5) is 50.1. The van der Waals surface area contributed by atoms with E-state index in [1.807, 2.05) is 0 Å². The molecule has 0 aliphatic carbocycles. The summed E-state index contributed by atoms with van der Waals surface area (Å²) in [5.41, 5.74) is -0.0716. The van der Waals surface area contributed by atoms with Crippen molar-refractivity contribution in [3.8, 4) is 0 Å². The summed E-state index contributed by atoms with van der Waals surface area (Å²) in [6, 6.07) is 10.1. The minimum atomic E-state index is -1.37. The Morgan fingerprint density at radius 1 is 1.07 bits per heavy atom. The second kappa shape index (κ2) is 8.33. The van der Waals surface area contributed by atoms with Crippen LogP contribution >= 0.6 is 23.2 Å². The van der Waals surface area contributed by atoms with Crippen molar-refractivity contribution in [2.24, 2.45) is 0 Å². The summed E-state index contributed by atoms with van der Waals surface area (Å²) in [7, 11) is 1.52. The molecule has 1 fully saturated rings. The quantitative estimate of drug-likeness (QED) is 0.611. The molecule has 0 bridgehead atoms. The van der Waals surface area contributed by atoms with E-state index in [4.69, 9.17) is 23.2 Å². The number of carbonyl (C=O) groups excluding carboxylic acids is 4. The first-order valence-electron chi connectivity index (χ1n) is 8.87. The topological polar surface area (TPSA) is 108 Å². The second-order valence-corrected chi connectivity index (χ2v) is 7.59. The number of hydrogen-bond acceptors (Lipinski definition) is 4. The molecule has 2 aromatic rings. The lowest BCUT2D eigenvalue weighted by Gasteiger charge is -2.22. The largest absolute Gasteiger partial charge is 0.355 e. The van der Waals surface area contributed by atoms with E-state index in [-0.39, 0.29) is 10.9 Å². The fourth-order valence-corrected chi connectivity index (χ4v) is 3.33. The zero-order chi connectivity index (χ0) is 22.1. The number of urea groups is 1. The first-order valence-corrected chi connectivity index (χ1v) is 9.63. The summed E-state index contributed by atoms with van der Waals surface area (Å²) in [6.07, 6.45) is 0. The highest BCUT2D eigenvalue weighted by Gasteiger charge is 2.49. The van der Waals surface area contributed by atoms with E-state index in [0.29, 0.717) is 21.8 Å². The average molecular weight is 449 g/mol. The molecule has 1 atom stereocenters. The van der Waals surface area contributed by atoms with Crippen LogP contribution in [-0.4, -0.2) is 42.2 Å². The number of amides is 5. The zero-order valence-electron chi connectivity index (χ0n) is 16.1. The fourth-order valence-electron chi connectivity index (χ4n) is 3.04. The first kappa shape index (κ1) is 21.6. The highest BCUT2D eigenvalue weighted by atomic mass is 35.5. The Labute approximate surface area is 182 Å². The van der Waals surface area contributed by atoms with E-state index in [1.165, 1.54) is 26.1 Å². The highest BCUT2D eigenvalue weighted by Crippen LogP contribution is 2.33. The Morgan fingerprint density at radius 2 is 1.73 bits per heavy atom. The van der Waals surface area contributed by atoms with E-state index in [9.17, 15) is 19.2 Å². The molecule has 2 aromatic carbocycles. The molecule has 0 spiro atoms. The third-order valence-corrected chi connectivity index (χ3v) is 5.47. The summed E-state index contributed by atoms with van der Waals surface area (Å²) in [5.74, 6) is -1.41. The molecule has 1 saturated heterocycles. The van der Waals surface area contributed by atoms with E-state index >= 15 is 0 Å². The number of nitrogens with one attached hydrogen (secondary N) is 3. The summed E-state index contributed by atoms with van der Waals surface area (Å²) >= 11 is 11.9. The van der Waals surface area contributed by atoms with Crippen molar-refractivity contribution in [1.29, 1.82) is 0 Å². The van der Waals surface area contributed by atoms with Gasteiger partial charge in [0.15, 0.2) is 0 Å². The summed E-state index contributed by atoms with van der Waals surface area (Å²) in [6.45, 7) is 1.06. The standard InChI is InChI=1S/C20H18Cl2N4O4/c1-20(12-5-8-14(21)15(22)9-12)18(29)26(19(30)25-20)10-16(27)24-13-6-3-11(4-7-13)17(28)23-2/h3-9H,10H2,1-2H3,(H,23,28)(H,24,27)(H,25,30)/t20-/m0/s1. The molecule has 3 rings (SSSR count). The molecule has 5 amide bonds. The van der Waals surface area contributed by atoms with Crippen LogP contribution in [-0.2, 0) is 15.1 Å². The molecule has 1 aliphatic rings. The van der Waals surface area contributed by atoms with Crippen LogP contribution in [0, 0.1) is 0 Å². The lowest BCUT2D eigenvalue weighted by molar-refractivity contribution is -0.133. The van der Waals surface area contributed by atoms with Gasteiger partial charge in [0.25, 0.3) is 11.8 Å². The van der Waals surface area contributed by atoms with Gasteiger partial charge in [0, 0.05) is 18.3 Å². The summed E-state index contributed by atoms with van der Waals surface area (Å²) < 4.78 is 0. The molecule has 8 nitrogen and oxygen atoms in total. The SMILES string of the molecule is CNC(=O)c1ccc(NC(=O)CN2C(=O)N[C@@](C)(c3ccc(Cl)c(Cl)c3)C2=O)cc1. The van der Waals surface area contributed by atoms with Crippen molar-refractivity contribution < 1.29 is 19.2 Å². The van der Waals surface area contributed by atoms with Crippen LogP contribution in [0.3, 0.4) is 0 Å². The van der Waals surface area contributed by atoms with Gasteiger partial charge in [-0.25, -0.2) is 4.79 Å². The minimum absolute atomic E-state index is 0.244. The van der Waals surface area contributed by atoms with Gasteiger partial charge in [0.05, 0.1) is 10.0 Å². The molecular formula is C20H18Cl2N4O4. The number of hydrogen-bond donors (Lipinski definition) is 3. The van der Waals surface area contributed by atoms with E-state index in [1.54, 1.807) is 30.3 Å². The van der Waals surface area contributed by atoms with Crippen LogP contribution < -0.4 is 16.0 Å². The van der Waals surface area contributed by atoms with Gasteiger partial charge in [-0.2, -0.15) is 0 Å². The molecule has 0 radical (unpaired) electrons. The zero-order valence-corrected chi connectivity index (χ0v) is 17.6. The van der Waals surface area contributed by atoms with Crippen molar-refractivity contribution in [3.05, 3.63) is 63.6 Å². The average Bonchev–Trinajstić information content (AvgIpc) is 2.94. The van der Waals surface area contributed by atoms with E-state index in [0.717, 1.165) is 4.90 Å². The lowest BCUT2D eigenvalue weighted by Crippen LogP contribution is -2.42. The molecular weight excluding hydrogens is 431 g/mol. The molecule has 1 aliphatic heterocycles. The van der Waals surface area contributed by atoms with Gasteiger partial charge < -0.3 is 16.0 Å². The van der Waals surface area contributed by atoms with Crippen molar-refractivity contribution in [3.63, 3.8) is 0 Å². The van der Waals surface area contributed by atoms with Crippen molar-refractivity contribution in [2.75, 3.05) is 18.9 Å². The fraction of sp³-hybridized carbons (Fsp3) is 0.200. The monoisotopic (exact) mass is 448 g/mol. The molecule has 0 saturated carbocycles. The smallest absolute Gasteiger partial charge is 0.325 e. The number of imide groups is 1. The Kier molecular flexibility index (Phi) is 6.00. The predicted molar refractivity (Wildman–Crippen MR) is 113 cm³/mol. The predicted octanol–water partition coefficient (Wildman–Crippen LogP) is 2.76. The van der Waals surface area contributed by atoms with E-state index < -0.39 is 29.9 Å². The first-order chi connectivity index (χ1) is 14.2. The van der Waals surface area contributed by atoms with Crippen molar-refractivity contribution >= 4 is 52.6 Å². The maximum absolute atomic E-state index is 12.9. The van der Waals surface area contributed by atoms with Crippen LogP contribution in [0.5, 0.6) is 0 Å². The van der Waals surface area contributed by atoms with Gasteiger partial charge in [-0.15, -0.1) is 0 Å². The Hall–Kier alpha value is -3.10. The van der Waals surface area contributed by atoms with Crippen LogP contribution in [0.4, 0.5) is 10.5 Å². The number of rotatable bonds is 5. The lowest BCUT2D eigenvalue weighted by atomic mass is 9.92.